The van der Waals surface area contributed by atoms with E-state index >= 15 is 0 Å². The highest BCUT2D eigenvalue weighted by Crippen LogP contribution is 1.39. The van der Waals surface area contributed by atoms with Crippen molar-refractivity contribution in [2.24, 2.45) is 11.5 Å². The van der Waals surface area contributed by atoms with Crippen LogP contribution in [0.4, 0.5) is 9.59 Å². The standard InChI is InChI=1S/2C2H6N2O/c2*1-4-2(3)5/h2*1H3,(H3,3,4,5)/i2*1D3/hD3. The third-order valence-corrected chi connectivity index (χ3v) is 0.219. The van der Waals surface area contributed by atoms with Gasteiger partial charge in [0.05, 0.1) is 0 Å². The molecule has 0 aliphatic rings. The maximum absolute atomic E-state index is 10.4. The molecule has 0 atom stereocenters. The molecule has 0 aliphatic heterocycles. The molecular weight excluding hydrogens is 136 g/mol. The molecule has 0 rings (SSSR count). The summed E-state index contributed by atoms with van der Waals surface area (Å²) in [6, 6.07) is -2.56. The van der Waals surface area contributed by atoms with Crippen molar-refractivity contribution in [3.8, 4) is 0 Å². The largest absolute Gasteiger partial charge is 0.352 e. The first kappa shape index (κ1) is 2.01. The fourth-order valence-electron chi connectivity index (χ4n) is 0. The fraction of sp³-hybridized carbons (Fsp3) is 0.500. The number of hydrogen-bond acceptors (Lipinski definition) is 2. The topological polar surface area (TPSA) is 110 Å². The van der Waals surface area contributed by atoms with E-state index in [0.717, 1.165) is 0 Å². The average molecular weight is 157 g/mol. The van der Waals surface area contributed by atoms with Gasteiger partial charge in [-0.3, -0.25) is 0 Å². The van der Waals surface area contributed by atoms with Crippen LogP contribution in [-0.2, 0) is 0 Å². The Bertz CT molecular complexity index is 312. The van der Waals surface area contributed by atoms with Crippen LogP contribution in [0, 0.1) is 0 Å². The lowest BCUT2D eigenvalue weighted by molar-refractivity contribution is 0.250. The highest BCUT2D eigenvalue weighted by Gasteiger charge is 1.73. The van der Waals surface area contributed by atoms with Crippen molar-refractivity contribution < 1.29 is 22.0 Å². The summed E-state index contributed by atoms with van der Waals surface area (Å²) in [6.45, 7) is -5.37. The van der Waals surface area contributed by atoms with Crippen LogP contribution >= 0.6 is 0 Å². The van der Waals surface area contributed by atoms with E-state index in [-0.39, 0.29) is 0 Å². The molecule has 60 valence electrons. The molecule has 6 nitrogen and oxygen atoms in total. The van der Waals surface area contributed by atoms with Crippen molar-refractivity contribution in [2.45, 2.75) is 0 Å². The molecule has 10 heavy (non-hydrogen) atoms. The quantitative estimate of drug-likeness (QED) is 0.345. The van der Waals surface area contributed by atoms with Gasteiger partial charge in [0.25, 0.3) is 0 Å². The van der Waals surface area contributed by atoms with Crippen LogP contribution in [0.5, 0.6) is 0 Å². The molecule has 6 N–H and O–H groups in total. The van der Waals surface area contributed by atoms with Gasteiger partial charge < -0.3 is 22.1 Å². The van der Waals surface area contributed by atoms with Crippen molar-refractivity contribution in [1.82, 2.24) is 10.6 Å². The smallest absolute Gasteiger partial charge is 0.311 e. The van der Waals surface area contributed by atoms with Gasteiger partial charge in [0.1, 0.15) is 0 Å². The van der Waals surface area contributed by atoms with Crippen molar-refractivity contribution >= 4 is 12.1 Å². The maximum atomic E-state index is 10.4. The number of nitrogens with two attached hydrogens (primary N) is 2. The summed E-state index contributed by atoms with van der Waals surface area (Å²) in [5.41, 5.74) is 4.00. The van der Waals surface area contributed by atoms with E-state index in [1.807, 2.05) is 0 Å². The van der Waals surface area contributed by atoms with E-state index in [2.05, 4.69) is 5.73 Å². The summed E-state index contributed by atoms with van der Waals surface area (Å²) in [5, 5.41) is 1.11. The molecule has 0 aromatic rings. The molecule has 0 unspecified atom stereocenters. The van der Waals surface area contributed by atoms with Crippen molar-refractivity contribution in [1.29, 1.82) is 0 Å². The monoisotopic (exact) mass is 157 g/mol. The summed E-state index contributed by atoms with van der Waals surface area (Å²) in [5.74, 6) is 0. The lowest BCUT2D eigenvalue weighted by atomic mass is 11.1. The third kappa shape index (κ3) is 31.1. The van der Waals surface area contributed by atoms with Crippen LogP contribution in [0.25, 0.3) is 0 Å². The lowest BCUT2D eigenvalue weighted by Crippen LogP contribution is -2.24. The van der Waals surface area contributed by atoms with E-state index in [0.29, 0.717) is 0 Å². The second-order valence-corrected chi connectivity index (χ2v) is 0.884. The zero-order chi connectivity index (χ0) is 16.0. The highest BCUT2D eigenvalue weighted by molar-refractivity contribution is 5.71. The summed E-state index contributed by atoms with van der Waals surface area (Å²) in [4.78, 5) is 20.2. The number of nitrogens with one attached hydrogen (secondary N) is 2. The minimum atomic E-state index is -2.92. The molecule has 0 bridgehead atoms. The number of carbonyl (C=O) groups excluding carboxylic acids is 2. The molecule has 0 saturated carbocycles. The first-order valence-corrected chi connectivity index (χ1v) is 1.87. The molecule has 0 aromatic carbocycles. The Morgan fingerprint density at radius 1 is 1.60 bits per heavy atom. The van der Waals surface area contributed by atoms with Gasteiger partial charge in [0, 0.05) is 22.2 Å². The third-order valence-electron chi connectivity index (χ3n) is 0.219. The van der Waals surface area contributed by atoms with E-state index in [1.54, 1.807) is 0 Å². The number of carbonyl (C=O) groups is 2. The number of primary amides is 2. The molecule has 0 spiro atoms. The molecule has 0 aromatic heterocycles. The van der Waals surface area contributed by atoms with Crippen molar-refractivity contribution in [3.05, 3.63) is 0 Å². The number of hydrogen-bond donors (Lipinski definition) is 4. The molecule has 4 amide bonds. The van der Waals surface area contributed by atoms with Gasteiger partial charge in [-0.15, -0.1) is 0 Å². The molecule has 0 heterocycles. The number of amides is 4. The second kappa shape index (κ2) is 7.54. The lowest BCUT2D eigenvalue weighted by Gasteiger charge is -1.80. The van der Waals surface area contributed by atoms with Gasteiger partial charge in [-0.1, -0.05) is 0 Å². The molecule has 0 aliphatic carbocycles. The predicted octanol–water partition coefficient (Wildman–Crippen LogP) is -1.43. The Morgan fingerprint density at radius 3 is 2.40 bits per heavy atom. The minimum absolute atomic E-state index is 0.410. The average Bonchev–Trinajstić information content (AvgIpc) is 2.10. The van der Waals surface area contributed by atoms with Crippen molar-refractivity contribution in [2.75, 3.05) is 14.0 Å². The Hall–Kier alpha value is -1.46. The predicted molar refractivity (Wildman–Crippen MR) is 37.3 cm³/mol. The number of urea groups is 2. The van der Waals surface area contributed by atoms with Crippen LogP contribution in [0.1, 0.15) is 8.22 Å². The van der Waals surface area contributed by atoms with Gasteiger partial charge in [-0.2, -0.15) is 0 Å². The van der Waals surface area contributed by atoms with Crippen molar-refractivity contribution in [3.63, 3.8) is 0 Å². The van der Waals surface area contributed by atoms with E-state index in [1.165, 1.54) is 5.32 Å². The number of rotatable bonds is 0. The molecule has 0 radical (unpaired) electrons. The summed E-state index contributed by atoms with van der Waals surface area (Å²) >= 11 is 0. The Morgan fingerprint density at radius 2 is 2.30 bits per heavy atom. The van der Waals surface area contributed by atoms with Gasteiger partial charge >= 0.3 is 12.1 Å². The van der Waals surface area contributed by atoms with Gasteiger partial charge in [-0.05, 0) is 0 Å². The molecule has 0 fully saturated rings. The summed E-state index contributed by atoms with van der Waals surface area (Å²) < 4.78 is 58.0. The first-order chi connectivity index (χ1) is 8.18. The van der Waals surface area contributed by atoms with Gasteiger partial charge in [-0.25, -0.2) is 9.59 Å². The van der Waals surface area contributed by atoms with Crippen LogP contribution < -0.4 is 22.1 Å². The zero-order valence-electron chi connectivity index (χ0n) is 13.8. The maximum Gasteiger partial charge on any atom is 0.311 e. The Balaban J connectivity index is 0. The van der Waals surface area contributed by atoms with Crippen LogP contribution in [0.15, 0.2) is 0 Å². The molecule has 6 heteroatoms. The van der Waals surface area contributed by atoms with Crippen LogP contribution in [0.2, 0.25) is 4.24 Å². The van der Waals surface area contributed by atoms with Crippen LogP contribution in [0.3, 0.4) is 0 Å². The van der Waals surface area contributed by atoms with E-state index in [9.17, 15) is 9.59 Å². The summed E-state index contributed by atoms with van der Waals surface area (Å²) in [6.07, 6.45) is 0. The zero-order valence-corrected chi connectivity index (χ0v) is 4.79. The fourth-order valence-corrected chi connectivity index (χ4v) is 0. The Kier molecular flexibility index (Phi) is 1.52. The van der Waals surface area contributed by atoms with Gasteiger partial charge in [0.15, 0.2) is 4.24 Å². The normalized spacial score (nSPS) is 21.8. The summed E-state index contributed by atoms with van der Waals surface area (Å²) in [7, 11) is 0. The molecule has 0 saturated heterocycles. The van der Waals surface area contributed by atoms with Gasteiger partial charge in [0.2, 0.25) is 0 Å². The first-order valence-electron chi connectivity index (χ1n) is 6.21. The van der Waals surface area contributed by atoms with E-state index in [4.69, 9.17) is 12.5 Å². The van der Waals surface area contributed by atoms with Crippen LogP contribution in [-0.4, -0.2) is 26.0 Å². The molecular formula is C4H12N4O2. The minimum Gasteiger partial charge on any atom is -0.352 e. The SMILES string of the molecule is [2H]C([2H])([2H])NC(N)=O.[2H]N([2H])C(=O)N([2H])C([2H])([2H])[2H]. The highest BCUT2D eigenvalue weighted by atomic mass is 16.2. The second-order valence-electron chi connectivity index (χ2n) is 0.884. The van der Waals surface area contributed by atoms with E-state index < -0.39 is 37.0 Å². The Labute approximate surface area is 71.8 Å².